The summed E-state index contributed by atoms with van der Waals surface area (Å²) in [7, 11) is 1.34. The Balaban J connectivity index is 1.82. The Morgan fingerprint density at radius 3 is 3.04 bits per heavy atom. The first kappa shape index (κ1) is 15.1. The van der Waals surface area contributed by atoms with E-state index in [1.54, 1.807) is 4.57 Å². The van der Waals surface area contributed by atoms with Crippen LogP contribution in [0, 0.1) is 11.3 Å². The summed E-state index contributed by atoms with van der Waals surface area (Å²) in [6.45, 7) is 0.402. The number of carbonyl (C=O) groups excluding carboxylic acids is 1. The number of rotatable bonds is 3. The second-order valence-electron chi connectivity index (χ2n) is 4.88. The molecule has 1 aliphatic heterocycles. The van der Waals surface area contributed by atoms with Crippen molar-refractivity contribution in [3.05, 3.63) is 38.8 Å². The van der Waals surface area contributed by atoms with E-state index in [1.165, 1.54) is 31.1 Å². The Morgan fingerprint density at radius 1 is 1.52 bits per heavy atom. The fourth-order valence-corrected chi connectivity index (χ4v) is 3.19. The lowest BCUT2D eigenvalue weighted by Gasteiger charge is -2.07. The molecular formula is C13H12N6O3S. The fourth-order valence-electron chi connectivity index (χ4n) is 2.24. The molecule has 0 fully saturated rings. The fraction of sp³-hybridized carbons (Fsp3) is 0.308. The number of aromatic nitrogens is 4. The minimum absolute atomic E-state index is 0.192. The Morgan fingerprint density at radius 2 is 2.30 bits per heavy atom. The number of amides is 1. The molecule has 1 aliphatic rings. The number of imidazole rings is 1. The third kappa shape index (κ3) is 2.66. The van der Waals surface area contributed by atoms with Gasteiger partial charge >= 0.3 is 5.69 Å². The average Bonchev–Trinajstić information content (AvgIpc) is 3.08. The van der Waals surface area contributed by atoms with E-state index in [0.717, 1.165) is 14.9 Å². The largest absolute Gasteiger partial charge is 0.331 e. The molecule has 10 heteroatoms. The van der Waals surface area contributed by atoms with E-state index < -0.39 is 17.2 Å². The SMILES string of the molecule is Cn1c(=O)ccn(CC(=O)Nc2nc3n(c2C#N)CCS3)c1=O. The third-order valence-electron chi connectivity index (χ3n) is 3.42. The summed E-state index contributed by atoms with van der Waals surface area (Å²) >= 11 is 1.51. The highest BCUT2D eigenvalue weighted by molar-refractivity contribution is 7.99. The summed E-state index contributed by atoms with van der Waals surface area (Å²) < 4.78 is 3.77. The standard InChI is InChI=1S/C13H12N6O3S/c1-17-10(21)2-3-18(13(17)22)7-9(20)15-11-8(6-14)19-4-5-23-12(19)16-11/h2-3H,4-5,7H2,1H3,(H,15,20). The molecule has 2 aromatic rings. The van der Waals surface area contributed by atoms with Gasteiger partial charge < -0.3 is 9.88 Å². The molecule has 1 amide bonds. The van der Waals surface area contributed by atoms with Gasteiger partial charge in [-0.25, -0.2) is 9.78 Å². The number of hydrogen-bond donors (Lipinski definition) is 1. The molecule has 9 nitrogen and oxygen atoms in total. The predicted octanol–water partition coefficient (Wildman–Crippen LogP) is -0.640. The summed E-state index contributed by atoms with van der Waals surface area (Å²) in [5, 5.41) is 12.5. The number of fused-ring (bicyclic) bond motifs is 1. The van der Waals surface area contributed by atoms with Gasteiger partial charge in [0.05, 0.1) is 0 Å². The van der Waals surface area contributed by atoms with Gasteiger partial charge in [-0.05, 0) is 0 Å². The van der Waals surface area contributed by atoms with Gasteiger partial charge in [0.2, 0.25) is 5.91 Å². The quantitative estimate of drug-likeness (QED) is 0.799. The molecule has 0 bridgehead atoms. The zero-order valence-corrected chi connectivity index (χ0v) is 13.0. The van der Waals surface area contributed by atoms with Crippen molar-refractivity contribution in [2.75, 3.05) is 11.1 Å². The predicted molar refractivity (Wildman–Crippen MR) is 82.2 cm³/mol. The molecule has 0 aromatic carbocycles. The van der Waals surface area contributed by atoms with Crippen LogP contribution >= 0.6 is 11.8 Å². The van der Waals surface area contributed by atoms with Crippen molar-refractivity contribution in [2.24, 2.45) is 7.05 Å². The number of nitriles is 1. The van der Waals surface area contributed by atoms with Gasteiger partial charge in [0.15, 0.2) is 16.7 Å². The van der Waals surface area contributed by atoms with Crippen LogP contribution in [-0.2, 0) is 24.9 Å². The van der Waals surface area contributed by atoms with Gasteiger partial charge in [0.25, 0.3) is 5.56 Å². The number of hydrogen-bond acceptors (Lipinski definition) is 6. The molecule has 0 saturated heterocycles. The molecule has 0 atom stereocenters. The number of anilines is 1. The van der Waals surface area contributed by atoms with Crippen LogP contribution in [0.3, 0.4) is 0 Å². The van der Waals surface area contributed by atoms with E-state index in [4.69, 9.17) is 0 Å². The van der Waals surface area contributed by atoms with Crippen LogP contribution in [0.4, 0.5) is 5.82 Å². The van der Waals surface area contributed by atoms with Crippen LogP contribution in [0.15, 0.2) is 27.0 Å². The smallest absolute Gasteiger partial charge is 0.308 e. The zero-order valence-electron chi connectivity index (χ0n) is 12.1. The van der Waals surface area contributed by atoms with Crippen molar-refractivity contribution in [2.45, 2.75) is 18.2 Å². The maximum Gasteiger partial charge on any atom is 0.331 e. The molecule has 2 aromatic heterocycles. The summed E-state index contributed by atoms with van der Waals surface area (Å²) in [6, 6.07) is 3.24. The maximum atomic E-state index is 12.1. The number of thioether (sulfide) groups is 1. The first-order chi connectivity index (χ1) is 11.0. The first-order valence-electron chi connectivity index (χ1n) is 6.71. The minimum atomic E-state index is -0.587. The minimum Gasteiger partial charge on any atom is -0.308 e. The Kier molecular flexibility index (Phi) is 3.79. The normalized spacial score (nSPS) is 12.7. The number of nitrogens with zero attached hydrogens (tertiary/aromatic N) is 5. The van der Waals surface area contributed by atoms with Gasteiger partial charge in [-0.3, -0.25) is 18.7 Å². The highest BCUT2D eigenvalue weighted by Gasteiger charge is 2.22. The molecule has 0 saturated carbocycles. The van der Waals surface area contributed by atoms with E-state index >= 15 is 0 Å². The summed E-state index contributed by atoms with van der Waals surface area (Å²) in [5.74, 6) is 0.542. The summed E-state index contributed by atoms with van der Waals surface area (Å²) in [6.07, 6.45) is 1.26. The number of carbonyl (C=O) groups is 1. The van der Waals surface area contributed by atoms with Gasteiger partial charge in [0.1, 0.15) is 12.6 Å². The Bertz CT molecular complexity index is 948. The molecule has 0 aliphatic carbocycles. The van der Waals surface area contributed by atoms with E-state index in [-0.39, 0.29) is 12.4 Å². The van der Waals surface area contributed by atoms with E-state index in [1.807, 2.05) is 6.07 Å². The van der Waals surface area contributed by atoms with E-state index in [9.17, 15) is 19.6 Å². The van der Waals surface area contributed by atoms with Crippen LogP contribution < -0.4 is 16.6 Å². The topological polar surface area (TPSA) is 115 Å². The molecule has 23 heavy (non-hydrogen) atoms. The van der Waals surface area contributed by atoms with Gasteiger partial charge in [-0.2, -0.15) is 5.26 Å². The molecule has 0 spiro atoms. The molecule has 1 N–H and O–H groups in total. The lowest BCUT2D eigenvalue weighted by atomic mass is 10.4. The summed E-state index contributed by atoms with van der Waals surface area (Å²) in [5.41, 5.74) is -0.733. The first-order valence-corrected chi connectivity index (χ1v) is 7.69. The number of nitrogens with one attached hydrogen (secondary N) is 1. The molecule has 0 unspecified atom stereocenters. The van der Waals surface area contributed by atoms with Crippen molar-refractivity contribution in [1.29, 1.82) is 5.26 Å². The second-order valence-corrected chi connectivity index (χ2v) is 5.94. The van der Waals surface area contributed by atoms with E-state index in [0.29, 0.717) is 17.4 Å². The average molecular weight is 332 g/mol. The van der Waals surface area contributed by atoms with Crippen LogP contribution in [0.25, 0.3) is 0 Å². The Hall–Kier alpha value is -2.80. The van der Waals surface area contributed by atoms with Gasteiger partial charge in [-0.15, -0.1) is 0 Å². The highest BCUT2D eigenvalue weighted by Crippen LogP contribution is 2.30. The second kappa shape index (κ2) is 5.77. The zero-order chi connectivity index (χ0) is 16.6. The lowest BCUT2D eigenvalue weighted by Crippen LogP contribution is -2.39. The van der Waals surface area contributed by atoms with Crippen molar-refractivity contribution in [3.63, 3.8) is 0 Å². The third-order valence-corrected chi connectivity index (χ3v) is 4.37. The van der Waals surface area contributed by atoms with Gasteiger partial charge in [-0.1, -0.05) is 11.8 Å². The molecular weight excluding hydrogens is 320 g/mol. The van der Waals surface area contributed by atoms with Crippen LogP contribution in [0.2, 0.25) is 0 Å². The van der Waals surface area contributed by atoms with Crippen molar-refractivity contribution in [1.82, 2.24) is 18.7 Å². The van der Waals surface area contributed by atoms with Crippen LogP contribution in [0.1, 0.15) is 5.69 Å². The van der Waals surface area contributed by atoms with Crippen molar-refractivity contribution >= 4 is 23.5 Å². The van der Waals surface area contributed by atoms with E-state index in [2.05, 4.69) is 10.3 Å². The monoisotopic (exact) mass is 332 g/mol. The maximum absolute atomic E-state index is 12.1. The lowest BCUT2D eigenvalue weighted by molar-refractivity contribution is -0.116. The summed E-state index contributed by atoms with van der Waals surface area (Å²) in [4.78, 5) is 39.5. The molecule has 118 valence electrons. The van der Waals surface area contributed by atoms with Crippen molar-refractivity contribution < 1.29 is 4.79 Å². The van der Waals surface area contributed by atoms with Crippen molar-refractivity contribution in [3.8, 4) is 6.07 Å². The highest BCUT2D eigenvalue weighted by atomic mass is 32.2. The molecule has 0 radical (unpaired) electrons. The molecule has 3 rings (SSSR count). The van der Waals surface area contributed by atoms with Crippen LogP contribution in [0.5, 0.6) is 0 Å². The molecule has 3 heterocycles. The van der Waals surface area contributed by atoms with Gasteiger partial charge in [0, 0.05) is 31.6 Å². The Labute approximate surface area is 134 Å². The van der Waals surface area contributed by atoms with Crippen LogP contribution in [-0.4, -0.2) is 30.3 Å².